The molecule has 15 heavy (non-hydrogen) atoms. The van der Waals surface area contributed by atoms with E-state index >= 15 is 0 Å². The smallest absolute Gasteiger partial charge is 0.274 e. The van der Waals surface area contributed by atoms with Crippen LogP contribution < -0.4 is 5.56 Å². The van der Waals surface area contributed by atoms with Gasteiger partial charge < -0.3 is 4.90 Å². The third-order valence-corrected chi connectivity index (χ3v) is 2.06. The molecule has 0 bridgehead atoms. The molecule has 1 aromatic heterocycles. The highest BCUT2D eigenvalue weighted by molar-refractivity contribution is 9.09. The van der Waals surface area contributed by atoms with Gasteiger partial charge in [-0.15, -0.1) is 0 Å². The second-order valence-corrected chi connectivity index (χ2v) is 4.84. The van der Waals surface area contributed by atoms with Crippen molar-refractivity contribution in [2.75, 3.05) is 13.6 Å². The van der Waals surface area contributed by atoms with E-state index in [1.807, 2.05) is 6.92 Å². The van der Waals surface area contributed by atoms with E-state index in [4.69, 9.17) is 0 Å². The first kappa shape index (κ1) is 11.9. The number of carbonyl (C=O) groups excluding carboxylic acids is 1. The van der Waals surface area contributed by atoms with Crippen molar-refractivity contribution in [1.29, 1.82) is 0 Å². The molecule has 1 N–H and O–H groups in total. The van der Waals surface area contributed by atoms with Crippen LogP contribution in [0.25, 0.3) is 0 Å². The van der Waals surface area contributed by atoms with Gasteiger partial charge in [0.2, 0.25) is 0 Å². The number of halogens is 1. The summed E-state index contributed by atoms with van der Waals surface area (Å²) in [6.07, 6.45) is 0. The first-order chi connectivity index (χ1) is 7.00. The number of hydrogen-bond acceptors (Lipinski definition) is 3. The normalized spacial score (nSPS) is 12.2. The highest BCUT2D eigenvalue weighted by atomic mass is 79.9. The zero-order chi connectivity index (χ0) is 11.4. The van der Waals surface area contributed by atoms with E-state index in [0.29, 0.717) is 6.54 Å². The van der Waals surface area contributed by atoms with Gasteiger partial charge >= 0.3 is 0 Å². The third kappa shape index (κ3) is 3.47. The van der Waals surface area contributed by atoms with Gasteiger partial charge in [0.05, 0.1) is 0 Å². The molecule has 1 atom stereocenters. The lowest BCUT2D eigenvalue weighted by Crippen LogP contribution is -2.32. The fraction of sp³-hybridized carbons (Fsp3) is 0.444. The van der Waals surface area contributed by atoms with Gasteiger partial charge in [0.25, 0.3) is 11.5 Å². The summed E-state index contributed by atoms with van der Waals surface area (Å²) in [5.41, 5.74) is -0.0756. The van der Waals surface area contributed by atoms with Gasteiger partial charge in [-0.05, 0) is 6.07 Å². The molecule has 1 aromatic rings. The molecule has 1 unspecified atom stereocenters. The van der Waals surface area contributed by atoms with Crippen LogP contribution in [-0.2, 0) is 0 Å². The Balaban J connectivity index is 2.76. The summed E-state index contributed by atoms with van der Waals surface area (Å²) in [6.45, 7) is 2.53. The van der Waals surface area contributed by atoms with E-state index in [1.54, 1.807) is 11.9 Å². The standard InChI is InChI=1S/C9H12BrN3O2/c1-6(10)5-13(2)9(15)7-3-4-8(14)12-11-7/h3-4,6H,5H2,1-2H3,(H,12,14). The molecule has 0 aromatic carbocycles. The summed E-state index contributed by atoms with van der Waals surface area (Å²) in [4.78, 5) is 24.2. The van der Waals surface area contributed by atoms with Gasteiger partial charge in [0, 0.05) is 24.5 Å². The highest BCUT2D eigenvalue weighted by Gasteiger charge is 2.14. The number of nitrogens with one attached hydrogen (secondary N) is 1. The van der Waals surface area contributed by atoms with E-state index < -0.39 is 0 Å². The zero-order valence-corrected chi connectivity index (χ0v) is 10.1. The molecule has 0 spiro atoms. The third-order valence-electron chi connectivity index (χ3n) is 1.77. The number of carbonyl (C=O) groups is 1. The Hall–Kier alpha value is -1.17. The summed E-state index contributed by atoms with van der Waals surface area (Å²) >= 11 is 3.36. The van der Waals surface area contributed by atoms with E-state index in [9.17, 15) is 9.59 Å². The van der Waals surface area contributed by atoms with Crippen LogP contribution in [-0.4, -0.2) is 39.4 Å². The molecular weight excluding hydrogens is 262 g/mol. The zero-order valence-electron chi connectivity index (χ0n) is 8.53. The first-order valence-corrected chi connectivity index (χ1v) is 5.37. The molecule has 0 aliphatic heterocycles. The van der Waals surface area contributed by atoms with Crippen molar-refractivity contribution in [2.45, 2.75) is 11.8 Å². The lowest BCUT2D eigenvalue weighted by molar-refractivity contribution is 0.0790. The van der Waals surface area contributed by atoms with E-state index in [2.05, 4.69) is 26.1 Å². The van der Waals surface area contributed by atoms with E-state index in [0.717, 1.165) is 0 Å². The second-order valence-electron chi connectivity index (χ2n) is 3.27. The minimum atomic E-state index is -0.317. The molecule has 6 heteroatoms. The topological polar surface area (TPSA) is 66.1 Å². The number of H-pyrrole nitrogens is 1. The maximum Gasteiger partial charge on any atom is 0.274 e. The van der Waals surface area contributed by atoms with Crippen molar-refractivity contribution >= 4 is 21.8 Å². The molecule has 0 radical (unpaired) electrons. The van der Waals surface area contributed by atoms with E-state index in [-0.39, 0.29) is 22.0 Å². The van der Waals surface area contributed by atoms with Crippen LogP contribution in [0.1, 0.15) is 17.4 Å². The molecule has 1 rings (SSSR count). The molecular formula is C9H12BrN3O2. The van der Waals surface area contributed by atoms with Gasteiger partial charge in [-0.3, -0.25) is 9.59 Å². The predicted molar refractivity (Wildman–Crippen MR) is 60.2 cm³/mol. The number of aromatic nitrogens is 2. The predicted octanol–water partition coefficient (Wildman–Crippen LogP) is 0.625. The summed E-state index contributed by atoms with van der Waals surface area (Å²) in [7, 11) is 1.69. The van der Waals surface area contributed by atoms with Crippen molar-refractivity contribution in [3.8, 4) is 0 Å². The van der Waals surface area contributed by atoms with Gasteiger partial charge in [0.1, 0.15) is 5.69 Å². The Morgan fingerprint density at radius 1 is 1.67 bits per heavy atom. The van der Waals surface area contributed by atoms with Crippen molar-refractivity contribution < 1.29 is 4.79 Å². The summed E-state index contributed by atoms with van der Waals surface area (Å²) in [5, 5.41) is 5.89. The lowest BCUT2D eigenvalue weighted by atomic mass is 10.3. The molecule has 0 saturated heterocycles. The Kier molecular flexibility index (Phi) is 4.02. The largest absolute Gasteiger partial charge is 0.339 e. The van der Waals surface area contributed by atoms with Gasteiger partial charge in [-0.1, -0.05) is 22.9 Å². The van der Waals surface area contributed by atoms with Crippen LogP contribution in [0.4, 0.5) is 0 Å². The molecule has 1 amide bonds. The molecule has 82 valence electrons. The van der Waals surface area contributed by atoms with Crippen molar-refractivity contribution in [3.63, 3.8) is 0 Å². The Bertz CT molecular complexity index is 382. The number of hydrogen-bond donors (Lipinski definition) is 1. The minimum Gasteiger partial charge on any atom is -0.339 e. The molecule has 0 saturated carbocycles. The summed E-state index contributed by atoms with van der Waals surface area (Å²) < 4.78 is 0. The van der Waals surface area contributed by atoms with Gasteiger partial charge in [0.15, 0.2) is 0 Å². The van der Waals surface area contributed by atoms with Crippen molar-refractivity contribution in [2.24, 2.45) is 0 Å². The van der Waals surface area contributed by atoms with Crippen molar-refractivity contribution in [3.05, 3.63) is 28.2 Å². The van der Waals surface area contributed by atoms with E-state index in [1.165, 1.54) is 12.1 Å². The second kappa shape index (κ2) is 5.06. The number of nitrogens with zero attached hydrogens (tertiary/aromatic N) is 2. The van der Waals surface area contributed by atoms with Crippen LogP contribution in [0.5, 0.6) is 0 Å². The SMILES string of the molecule is CC(Br)CN(C)C(=O)c1ccc(=O)[nH]n1. The maximum atomic E-state index is 11.7. The molecule has 5 nitrogen and oxygen atoms in total. The monoisotopic (exact) mass is 273 g/mol. The van der Waals surface area contributed by atoms with Crippen LogP contribution in [0.15, 0.2) is 16.9 Å². The summed E-state index contributed by atoms with van der Waals surface area (Å²) in [6, 6.07) is 2.70. The Labute approximate surface area is 95.6 Å². The highest BCUT2D eigenvalue weighted by Crippen LogP contribution is 2.03. The number of aromatic amines is 1. The fourth-order valence-electron chi connectivity index (χ4n) is 1.12. The van der Waals surface area contributed by atoms with Crippen LogP contribution in [0.3, 0.4) is 0 Å². The lowest BCUT2D eigenvalue weighted by Gasteiger charge is -2.17. The average Bonchev–Trinajstić information content (AvgIpc) is 2.17. The quantitative estimate of drug-likeness (QED) is 0.822. The minimum absolute atomic E-state index is 0.211. The fourth-order valence-corrected chi connectivity index (χ4v) is 1.55. The number of alkyl halides is 1. The number of amides is 1. The van der Waals surface area contributed by atoms with Gasteiger partial charge in [-0.2, -0.15) is 5.10 Å². The van der Waals surface area contributed by atoms with Crippen LogP contribution >= 0.6 is 15.9 Å². The van der Waals surface area contributed by atoms with Crippen molar-refractivity contribution in [1.82, 2.24) is 15.1 Å². The average molecular weight is 274 g/mol. The summed E-state index contributed by atoms with van der Waals surface area (Å²) in [5.74, 6) is -0.211. The molecule has 1 heterocycles. The molecule has 0 aliphatic carbocycles. The molecule has 0 fully saturated rings. The van der Waals surface area contributed by atoms with Gasteiger partial charge in [-0.25, -0.2) is 5.10 Å². The number of rotatable bonds is 3. The van der Waals surface area contributed by atoms with Crippen LogP contribution in [0.2, 0.25) is 0 Å². The first-order valence-electron chi connectivity index (χ1n) is 4.46. The maximum absolute atomic E-state index is 11.7. The Morgan fingerprint density at radius 2 is 2.33 bits per heavy atom. The Morgan fingerprint density at radius 3 is 2.80 bits per heavy atom. The molecule has 0 aliphatic rings. The van der Waals surface area contributed by atoms with Crippen LogP contribution in [0, 0.1) is 0 Å².